The summed E-state index contributed by atoms with van der Waals surface area (Å²) in [5.74, 6) is -3.12. The molecule has 1 aromatic rings. The molecule has 0 radical (unpaired) electrons. The first-order valence-electron chi connectivity index (χ1n) is 8.63. The summed E-state index contributed by atoms with van der Waals surface area (Å²) in [5.41, 5.74) is 0.459. The number of benzene rings is 1. The molecule has 2 atom stereocenters. The van der Waals surface area contributed by atoms with Crippen molar-refractivity contribution in [2.45, 2.75) is 37.6 Å². The molecule has 27 heavy (non-hydrogen) atoms. The monoisotopic (exact) mass is 384 g/mol. The van der Waals surface area contributed by atoms with Gasteiger partial charge >= 0.3 is 12.1 Å². The van der Waals surface area contributed by atoms with Gasteiger partial charge in [0.1, 0.15) is 6.54 Å². The maximum absolute atomic E-state index is 12.5. The number of nitrogens with zero attached hydrogens (tertiary/aromatic N) is 1. The van der Waals surface area contributed by atoms with Crippen LogP contribution in [0.1, 0.15) is 30.9 Å². The molecule has 1 saturated heterocycles. The number of carbonyl (C=O) groups is 3. The van der Waals surface area contributed by atoms with Gasteiger partial charge in [-0.1, -0.05) is 30.3 Å². The standard InChI is InChI=1S/C18H19F3N2O4/c19-18(20,21)10-23-9-12(8-14(23)24)17(26)27-15(11-4-2-1-3-5-11)16(25)22-13-6-7-13/h1-5,12-13,15H,6-10H2,(H,22,25). The lowest BCUT2D eigenvalue weighted by atomic mass is 10.1. The smallest absolute Gasteiger partial charge is 0.406 e. The second kappa shape index (κ2) is 7.58. The molecule has 146 valence electrons. The number of carbonyl (C=O) groups excluding carboxylic acids is 3. The Hall–Kier alpha value is -2.58. The van der Waals surface area contributed by atoms with Crippen LogP contribution < -0.4 is 5.32 Å². The van der Waals surface area contributed by atoms with Crippen LogP contribution in [0.2, 0.25) is 0 Å². The van der Waals surface area contributed by atoms with E-state index < -0.39 is 42.5 Å². The Labute approximate surface area is 153 Å². The zero-order valence-electron chi connectivity index (χ0n) is 14.4. The summed E-state index contributed by atoms with van der Waals surface area (Å²) < 4.78 is 42.9. The molecule has 0 aromatic heterocycles. The van der Waals surface area contributed by atoms with Crippen molar-refractivity contribution in [3.8, 4) is 0 Å². The van der Waals surface area contributed by atoms with Crippen molar-refractivity contribution in [2.24, 2.45) is 5.92 Å². The van der Waals surface area contributed by atoms with Crippen molar-refractivity contribution in [3.63, 3.8) is 0 Å². The summed E-state index contributed by atoms with van der Waals surface area (Å²) in [6, 6.07) is 8.42. The van der Waals surface area contributed by atoms with Gasteiger partial charge in [-0.05, 0) is 12.8 Å². The van der Waals surface area contributed by atoms with Crippen LogP contribution in [0, 0.1) is 5.92 Å². The van der Waals surface area contributed by atoms with Crippen LogP contribution in [0.15, 0.2) is 30.3 Å². The van der Waals surface area contributed by atoms with Crippen LogP contribution in [0.5, 0.6) is 0 Å². The molecule has 1 saturated carbocycles. The van der Waals surface area contributed by atoms with E-state index in [1.807, 2.05) is 0 Å². The Morgan fingerprint density at radius 3 is 2.48 bits per heavy atom. The van der Waals surface area contributed by atoms with Gasteiger partial charge in [0, 0.05) is 24.6 Å². The Bertz CT molecular complexity index is 719. The molecular weight excluding hydrogens is 365 g/mol. The third-order valence-corrected chi connectivity index (χ3v) is 4.42. The summed E-state index contributed by atoms with van der Waals surface area (Å²) in [7, 11) is 0. The van der Waals surface area contributed by atoms with Crippen molar-refractivity contribution in [3.05, 3.63) is 35.9 Å². The largest absolute Gasteiger partial charge is 0.447 e. The van der Waals surface area contributed by atoms with E-state index in [4.69, 9.17) is 4.74 Å². The minimum absolute atomic E-state index is 0.0535. The molecule has 1 aliphatic heterocycles. The fourth-order valence-corrected chi connectivity index (χ4v) is 2.92. The Balaban J connectivity index is 1.67. The average molecular weight is 384 g/mol. The molecule has 1 aliphatic carbocycles. The lowest BCUT2D eigenvalue weighted by Gasteiger charge is -2.21. The van der Waals surface area contributed by atoms with Crippen molar-refractivity contribution in [1.29, 1.82) is 0 Å². The van der Waals surface area contributed by atoms with Crippen molar-refractivity contribution >= 4 is 17.8 Å². The molecule has 0 bridgehead atoms. The molecule has 9 heteroatoms. The fraction of sp³-hybridized carbons (Fsp3) is 0.500. The number of halogens is 3. The first-order chi connectivity index (χ1) is 12.7. The van der Waals surface area contributed by atoms with E-state index in [2.05, 4.69) is 5.32 Å². The molecule has 2 unspecified atom stereocenters. The molecule has 6 nitrogen and oxygen atoms in total. The van der Waals surface area contributed by atoms with Crippen LogP contribution in [0.4, 0.5) is 13.2 Å². The summed E-state index contributed by atoms with van der Waals surface area (Å²) in [6.45, 7) is -1.77. The quantitative estimate of drug-likeness (QED) is 0.761. The van der Waals surface area contributed by atoms with Gasteiger partial charge in [0.05, 0.1) is 5.92 Å². The maximum Gasteiger partial charge on any atom is 0.406 e. The highest BCUT2D eigenvalue weighted by Crippen LogP contribution is 2.28. The second-order valence-corrected chi connectivity index (χ2v) is 6.80. The number of alkyl halides is 3. The first-order valence-corrected chi connectivity index (χ1v) is 8.63. The van der Waals surface area contributed by atoms with E-state index >= 15 is 0 Å². The highest BCUT2D eigenvalue weighted by Gasteiger charge is 2.42. The predicted octanol–water partition coefficient (Wildman–Crippen LogP) is 1.96. The average Bonchev–Trinajstić information content (AvgIpc) is 3.34. The van der Waals surface area contributed by atoms with Crippen LogP contribution in [-0.2, 0) is 19.1 Å². The van der Waals surface area contributed by atoms with Crippen LogP contribution in [-0.4, -0.2) is 48.0 Å². The molecule has 0 spiro atoms. The molecule has 1 heterocycles. The normalized spacial score (nSPS) is 21.1. The fourth-order valence-electron chi connectivity index (χ4n) is 2.92. The van der Waals surface area contributed by atoms with Gasteiger partial charge in [-0.3, -0.25) is 14.4 Å². The van der Waals surface area contributed by atoms with Crippen LogP contribution in [0.25, 0.3) is 0 Å². The van der Waals surface area contributed by atoms with Crippen LogP contribution in [0.3, 0.4) is 0 Å². The number of likely N-dealkylation sites (tertiary alicyclic amines) is 1. The molecule has 2 aliphatic rings. The minimum Gasteiger partial charge on any atom is -0.447 e. The number of hydrogen-bond acceptors (Lipinski definition) is 4. The Morgan fingerprint density at radius 2 is 1.89 bits per heavy atom. The van der Waals surface area contributed by atoms with Gasteiger partial charge in [0.15, 0.2) is 0 Å². The Morgan fingerprint density at radius 1 is 1.22 bits per heavy atom. The molecule has 1 aromatic carbocycles. The van der Waals surface area contributed by atoms with Gasteiger partial charge in [0.25, 0.3) is 5.91 Å². The van der Waals surface area contributed by atoms with E-state index in [1.54, 1.807) is 30.3 Å². The van der Waals surface area contributed by atoms with Gasteiger partial charge < -0.3 is 15.0 Å². The van der Waals surface area contributed by atoms with E-state index in [-0.39, 0.29) is 19.0 Å². The van der Waals surface area contributed by atoms with E-state index in [0.29, 0.717) is 10.5 Å². The second-order valence-electron chi connectivity index (χ2n) is 6.80. The van der Waals surface area contributed by atoms with Crippen molar-refractivity contribution in [2.75, 3.05) is 13.1 Å². The molecule has 3 rings (SSSR count). The minimum atomic E-state index is -4.54. The van der Waals surface area contributed by atoms with Crippen molar-refractivity contribution < 1.29 is 32.3 Å². The van der Waals surface area contributed by atoms with Crippen molar-refractivity contribution in [1.82, 2.24) is 10.2 Å². The number of nitrogens with one attached hydrogen (secondary N) is 1. The number of rotatable bonds is 6. The summed E-state index contributed by atoms with van der Waals surface area (Å²) in [4.78, 5) is 37.2. The van der Waals surface area contributed by atoms with E-state index in [0.717, 1.165) is 12.8 Å². The van der Waals surface area contributed by atoms with Crippen LogP contribution >= 0.6 is 0 Å². The zero-order chi connectivity index (χ0) is 19.6. The lowest BCUT2D eigenvalue weighted by Crippen LogP contribution is -2.37. The summed E-state index contributed by atoms with van der Waals surface area (Å²) >= 11 is 0. The van der Waals surface area contributed by atoms with Gasteiger partial charge in [0.2, 0.25) is 12.0 Å². The third-order valence-electron chi connectivity index (χ3n) is 4.42. The first kappa shape index (κ1) is 19.2. The summed E-state index contributed by atoms with van der Waals surface area (Å²) in [5, 5.41) is 2.75. The maximum atomic E-state index is 12.5. The molecule has 2 fully saturated rings. The summed E-state index contributed by atoms with van der Waals surface area (Å²) in [6.07, 6.45) is -4.40. The third kappa shape index (κ3) is 5.21. The Kier molecular flexibility index (Phi) is 5.38. The molecular formula is C18H19F3N2O4. The topological polar surface area (TPSA) is 75.7 Å². The predicted molar refractivity (Wildman–Crippen MR) is 87.2 cm³/mol. The number of amides is 2. The number of hydrogen-bond donors (Lipinski definition) is 1. The molecule has 1 N–H and O–H groups in total. The SMILES string of the molecule is O=C(OC(C(=O)NC1CC1)c1ccccc1)C1CC(=O)N(CC(F)(F)F)C1. The van der Waals surface area contributed by atoms with Gasteiger partial charge in [-0.25, -0.2) is 0 Å². The highest BCUT2D eigenvalue weighted by atomic mass is 19.4. The highest BCUT2D eigenvalue weighted by molar-refractivity contribution is 5.89. The molecule has 2 amide bonds. The van der Waals surface area contributed by atoms with Gasteiger partial charge in [-0.15, -0.1) is 0 Å². The van der Waals surface area contributed by atoms with E-state index in [1.165, 1.54) is 0 Å². The van der Waals surface area contributed by atoms with Gasteiger partial charge in [-0.2, -0.15) is 13.2 Å². The zero-order valence-corrected chi connectivity index (χ0v) is 14.4. The lowest BCUT2D eigenvalue weighted by molar-refractivity contribution is -0.161. The number of esters is 1. The van der Waals surface area contributed by atoms with E-state index in [9.17, 15) is 27.6 Å². The number of ether oxygens (including phenoxy) is 1.